The van der Waals surface area contributed by atoms with Crippen molar-refractivity contribution in [3.8, 4) is 5.75 Å². The standard InChI is InChI=1S/C28H31N5O3S2/c1-21-16-28(29-17-26(21)30-24-12-14-32(20-24)18-22-6-4-3-5-7-22)38(34,35)33(27-13-15-37-31-27)19-23-8-10-25(36-2)11-9-23/h3-11,13,15-17,24,30H,12,14,18-20H2,1-2H3/t24-/m0/s1. The number of nitrogens with zero attached hydrogens (tertiary/aromatic N) is 4. The van der Waals surface area contributed by atoms with Crippen LogP contribution in [0.1, 0.15) is 23.1 Å². The summed E-state index contributed by atoms with van der Waals surface area (Å²) in [5.74, 6) is 1.08. The zero-order valence-corrected chi connectivity index (χ0v) is 23.1. The van der Waals surface area contributed by atoms with E-state index in [-0.39, 0.29) is 17.6 Å². The molecule has 1 atom stereocenters. The Morgan fingerprint density at radius 1 is 1.11 bits per heavy atom. The zero-order valence-electron chi connectivity index (χ0n) is 21.4. The van der Waals surface area contributed by atoms with Gasteiger partial charge in [-0.2, -0.15) is 12.8 Å². The number of sulfonamides is 1. The molecule has 1 fully saturated rings. The monoisotopic (exact) mass is 549 g/mol. The summed E-state index contributed by atoms with van der Waals surface area (Å²) in [6.07, 6.45) is 2.65. The van der Waals surface area contributed by atoms with Gasteiger partial charge >= 0.3 is 0 Å². The maximum absolute atomic E-state index is 13.8. The SMILES string of the molecule is COc1ccc(CN(c2ccsn2)S(=O)(=O)c2cc(C)c(N[C@H]3CCN(Cc4ccccc4)C3)cn2)cc1. The maximum Gasteiger partial charge on any atom is 0.283 e. The topological polar surface area (TPSA) is 87.7 Å². The summed E-state index contributed by atoms with van der Waals surface area (Å²) >= 11 is 1.21. The molecule has 1 N–H and O–H groups in total. The first kappa shape index (κ1) is 26.1. The summed E-state index contributed by atoms with van der Waals surface area (Å²) < 4.78 is 38.4. The first-order chi connectivity index (χ1) is 18.4. The molecule has 2 aromatic heterocycles. The number of aromatic nitrogens is 2. The van der Waals surface area contributed by atoms with Crippen LogP contribution in [0.4, 0.5) is 11.5 Å². The largest absolute Gasteiger partial charge is 0.497 e. The van der Waals surface area contributed by atoms with Crippen LogP contribution in [0.15, 0.2) is 83.3 Å². The van der Waals surface area contributed by atoms with Crippen LogP contribution >= 0.6 is 11.5 Å². The lowest BCUT2D eigenvalue weighted by Crippen LogP contribution is -2.31. The van der Waals surface area contributed by atoms with E-state index < -0.39 is 10.0 Å². The molecule has 1 aliphatic heterocycles. The van der Waals surface area contributed by atoms with Gasteiger partial charge in [0.25, 0.3) is 10.0 Å². The van der Waals surface area contributed by atoms with Gasteiger partial charge in [-0.25, -0.2) is 9.29 Å². The molecule has 38 heavy (non-hydrogen) atoms. The van der Waals surface area contributed by atoms with E-state index in [1.165, 1.54) is 21.4 Å². The molecular formula is C28H31N5O3S2. The second-order valence-electron chi connectivity index (χ2n) is 9.41. The minimum Gasteiger partial charge on any atom is -0.497 e. The summed E-state index contributed by atoms with van der Waals surface area (Å²) in [5.41, 5.74) is 3.81. The number of pyridine rings is 1. The van der Waals surface area contributed by atoms with E-state index in [0.717, 1.165) is 42.9 Å². The predicted octanol–water partition coefficient (Wildman–Crippen LogP) is 4.94. The Balaban J connectivity index is 1.30. The van der Waals surface area contributed by atoms with Crippen LogP contribution in [0.2, 0.25) is 0 Å². The lowest BCUT2D eigenvalue weighted by molar-refractivity contribution is 0.328. The molecule has 5 rings (SSSR count). The van der Waals surface area contributed by atoms with Gasteiger partial charge in [0.15, 0.2) is 10.8 Å². The van der Waals surface area contributed by atoms with Crippen molar-refractivity contribution < 1.29 is 13.2 Å². The van der Waals surface area contributed by atoms with Gasteiger partial charge in [-0.3, -0.25) is 4.90 Å². The maximum atomic E-state index is 13.8. The molecule has 4 aromatic rings. The molecule has 1 saturated heterocycles. The molecule has 2 aromatic carbocycles. The number of likely N-dealkylation sites (tertiary alicyclic amines) is 1. The Labute approximate surface area is 228 Å². The van der Waals surface area contributed by atoms with Gasteiger partial charge < -0.3 is 10.1 Å². The first-order valence-electron chi connectivity index (χ1n) is 12.5. The number of anilines is 2. The third kappa shape index (κ3) is 5.98. The third-order valence-electron chi connectivity index (χ3n) is 6.69. The van der Waals surface area contributed by atoms with E-state index in [1.54, 1.807) is 30.8 Å². The smallest absolute Gasteiger partial charge is 0.283 e. The number of ether oxygens (including phenoxy) is 1. The van der Waals surface area contributed by atoms with Gasteiger partial charge in [0.2, 0.25) is 0 Å². The molecule has 3 heterocycles. The molecule has 0 unspecified atom stereocenters. The average Bonchev–Trinajstić information content (AvgIpc) is 3.62. The molecule has 0 bridgehead atoms. The molecule has 1 aliphatic rings. The Hall–Kier alpha value is -3.47. The van der Waals surface area contributed by atoms with Gasteiger partial charge in [-0.1, -0.05) is 42.5 Å². The van der Waals surface area contributed by atoms with E-state index in [4.69, 9.17) is 4.74 Å². The number of methoxy groups -OCH3 is 1. The first-order valence-corrected chi connectivity index (χ1v) is 14.8. The number of hydrogen-bond acceptors (Lipinski definition) is 8. The van der Waals surface area contributed by atoms with E-state index in [1.807, 2.05) is 37.3 Å². The van der Waals surface area contributed by atoms with Gasteiger partial charge in [0, 0.05) is 31.1 Å². The molecule has 0 aliphatic carbocycles. The lowest BCUT2D eigenvalue weighted by Gasteiger charge is -2.23. The van der Waals surface area contributed by atoms with E-state index in [0.29, 0.717) is 11.6 Å². The molecule has 10 heteroatoms. The van der Waals surface area contributed by atoms with Crippen LogP contribution in [0.3, 0.4) is 0 Å². The highest BCUT2D eigenvalue weighted by Gasteiger charge is 2.29. The second kappa shape index (κ2) is 11.5. The van der Waals surface area contributed by atoms with E-state index in [2.05, 4.69) is 43.8 Å². The Morgan fingerprint density at radius 3 is 2.58 bits per heavy atom. The fourth-order valence-electron chi connectivity index (χ4n) is 4.61. The van der Waals surface area contributed by atoms with Crippen LogP contribution in [-0.4, -0.2) is 48.9 Å². The fourth-order valence-corrected chi connectivity index (χ4v) is 6.58. The Kier molecular flexibility index (Phi) is 7.92. The summed E-state index contributed by atoms with van der Waals surface area (Å²) in [6.45, 7) is 4.91. The van der Waals surface area contributed by atoms with E-state index >= 15 is 0 Å². The molecule has 0 saturated carbocycles. The highest BCUT2D eigenvalue weighted by Crippen LogP contribution is 2.28. The van der Waals surface area contributed by atoms with Crippen molar-refractivity contribution in [1.82, 2.24) is 14.3 Å². The minimum absolute atomic E-state index is 0.000752. The highest BCUT2D eigenvalue weighted by atomic mass is 32.2. The number of rotatable bonds is 10. The van der Waals surface area contributed by atoms with Crippen LogP contribution < -0.4 is 14.4 Å². The number of aryl methyl sites for hydroxylation is 1. The number of hydrogen-bond donors (Lipinski definition) is 1. The minimum atomic E-state index is -3.95. The van der Waals surface area contributed by atoms with Crippen LogP contribution in [0.25, 0.3) is 0 Å². The number of benzene rings is 2. The molecule has 8 nitrogen and oxygen atoms in total. The molecule has 0 spiro atoms. The summed E-state index contributed by atoms with van der Waals surface area (Å²) in [5, 5.41) is 5.34. The van der Waals surface area contributed by atoms with Gasteiger partial charge in [-0.05, 0) is 65.8 Å². The molecule has 0 radical (unpaired) electrons. The molecular weight excluding hydrogens is 518 g/mol. The van der Waals surface area contributed by atoms with Crippen molar-refractivity contribution in [2.24, 2.45) is 0 Å². The van der Waals surface area contributed by atoms with Crippen molar-refractivity contribution in [1.29, 1.82) is 0 Å². The van der Waals surface area contributed by atoms with Crippen molar-refractivity contribution >= 4 is 33.1 Å². The Bertz CT molecular complexity index is 1450. The van der Waals surface area contributed by atoms with Gasteiger partial charge in [0.05, 0.1) is 25.5 Å². The van der Waals surface area contributed by atoms with Crippen LogP contribution in [0.5, 0.6) is 5.75 Å². The van der Waals surface area contributed by atoms with Crippen LogP contribution in [0, 0.1) is 6.92 Å². The fraction of sp³-hybridized carbons (Fsp3) is 0.286. The molecule has 198 valence electrons. The summed E-state index contributed by atoms with van der Waals surface area (Å²) in [4.78, 5) is 6.82. The quantitative estimate of drug-likeness (QED) is 0.300. The number of nitrogens with one attached hydrogen (secondary N) is 1. The van der Waals surface area contributed by atoms with Gasteiger partial charge in [-0.15, -0.1) is 0 Å². The van der Waals surface area contributed by atoms with Crippen molar-refractivity contribution in [2.75, 3.05) is 29.8 Å². The van der Waals surface area contributed by atoms with Gasteiger partial charge in [0.1, 0.15) is 5.75 Å². The summed E-state index contributed by atoms with van der Waals surface area (Å²) in [6, 6.07) is 21.4. The van der Waals surface area contributed by atoms with Crippen molar-refractivity contribution in [2.45, 2.75) is 37.5 Å². The normalized spacial score (nSPS) is 15.9. The van der Waals surface area contributed by atoms with Crippen LogP contribution in [-0.2, 0) is 23.1 Å². The molecule has 0 amide bonds. The average molecular weight is 550 g/mol. The van der Waals surface area contributed by atoms with Crippen molar-refractivity contribution in [3.05, 3.63) is 95.0 Å². The van der Waals surface area contributed by atoms with E-state index in [9.17, 15) is 8.42 Å². The zero-order chi connectivity index (χ0) is 26.5. The summed E-state index contributed by atoms with van der Waals surface area (Å²) in [7, 11) is -2.35. The highest BCUT2D eigenvalue weighted by molar-refractivity contribution is 7.92. The van der Waals surface area contributed by atoms with Crippen molar-refractivity contribution in [3.63, 3.8) is 0 Å². The predicted molar refractivity (Wildman–Crippen MR) is 151 cm³/mol. The lowest BCUT2D eigenvalue weighted by atomic mass is 10.2. The Morgan fingerprint density at radius 2 is 1.89 bits per heavy atom. The third-order valence-corrected chi connectivity index (χ3v) is 8.88. The second-order valence-corrected chi connectivity index (χ2v) is 11.9.